The van der Waals surface area contributed by atoms with Gasteiger partial charge in [-0.25, -0.2) is 0 Å². The van der Waals surface area contributed by atoms with Crippen LogP contribution in [0.1, 0.15) is 19.4 Å². The quantitative estimate of drug-likeness (QED) is 0.682. The van der Waals surface area contributed by atoms with Gasteiger partial charge in [0.15, 0.2) is 5.78 Å². The molecule has 0 saturated heterocycles. The van der Waals surface area contributed by atoms with Gasteiger partial charge in [-0.15, -0.1) is 0 Å². The van der Waals surface area contributed by atoms with E-state index in [1.807, 2.05) is 31.2 Å². The molecule has 0 spiro atoms. The van der Waals surface area contributed by atoms with Crippen molar-refractivity contribution >= 4 is 11.4 Å². The summed E-state index contributed by atoms with van der Waals surface area (Å²) in [6.45, 7) is 7.77. The third-order valence-corrected chi connectivity index (χ3v) is 1.92. The number of allylic oxidation sites excluding steroid dienone is 1. The summed E-state index contributed by atoms with van der Waals surface area (Å²) in [6.07, 6.45) is 0. The van der Waals surface area contributed by atoms with Crippen LogP contribution < -0.4 is 4.74 Å². The number of carbonyl (C=O) groups excluding carboxylic acids is 1. The zero-order valence-electron chi connectivity index (χ0n) is 8.54. The lowest BCUT2D eigenvalue weighted by molar-refractivity contribution is -0.111. The number of ether oxygens (including phenoxy) is 1. The molecule has 0 aromatic heterocycles. The van der Waals surface area contributed by atoms with Crippen LogP contribution in [0.3, 0.4) is 0 Å². The van der Waals surface area contributed by atoms with E-state index >= 15 is 0 Å². The Morgan fingerprint density at radius 2 is 2.21 bits per heavy atom. The number of hydrogen-bond acceptors (Lipinski definition) is 2. The molecule has 0 unspecified atom stereocenters. The normalized spacial score (nSPS) is 9.57. The number of ketones is 1. The van der Waals surface area contributed by atoms with E-state index in [-0.39, 0.29) is 5.78 Å². The van der Waals surface area contributed by atoms with Crippen LogP contribution in [0.5, 0.6) is 5.75 Å². The van der Waals surface area contributed by atoms with Crippen LogP contribution in [-0.2, 0) is 4.79 Å². The smallest absolute Gasteiger partial charge is 0.159 e. The Morgan fingerprint density at radius 3 is 2.79 bits per heavy atom. The maximum atomic E-state index is 11.1. The van der Waals surface area contributed by atoms with E-state index in [0.717, 1.165) is 11.3 Å². The van der Waals surface area contributed by atoms with E-state index in [1.165, 1.54) is 6.92 Å². The Morgan fingerprint density at radius 1 is 1.50 bits per heavy atom. The van der Waals surface area contributed by atoms with Crippen molar-refractivity contribution in [1.29, 1.82) is 0 Å². The molecule has 0 aliphatic heterocycles. The lowest BCUT2D eigenvalue weighted by Gasteiger charge is -2.06. The van der Waals surface area contributed by atoms with Gasteiger partial charge in [-0.2, -0.15) is 0 Å². The molecule has 1 aromatic carbocycles. The zero-order valence-corrected chi connectivity index (χ0v) is 8.54. The molecule has 0 radical (unpaired) electrons. The summed E-state index contributed by atoms with van der Waals surface area (Å²) in [5, 5.41) is 0. The van der Waals surface area contributed by atoms with Crippen LogP contribution >= 0.6 is 0 Å². The summed E-state index contributed by atoms with van der Waals surface area (Å²) in [5.74, 6) is 0.756. The highest BCUT2D eigenvalue weighted by Crippen LogP contribution is 2.19. The van der Waals surface area contributed by atoms with Crippen molar-refractivity contribution in [3.05, 3.63) is 36.4 Å². The van der Waals surface area contributed by atoms with Gasteiger partial charge in [-0.3, -0.25) is 4.79 Å². The van der Waals surface area contributed by atoms with Crippen molar-refractivity contribution in [2.24, 2.45) is 0 Å². The van der Waals surface area contributed by atoms with E-state index in [2.05, 4.69) is 6.58 Å². The third-order valence-electron chi connectivity index (χ3n) is 1.92. The molecule has 0 aliphatic rings. The van der Waals surface area contributed by atoms with Gasteiger partial charge in [-0.1, -0.05) is 18.7 Å². The van der Waals surface area contributed by atoms with E-state index in [0.29, 0.717) is 12.2 Å². The maximum Gasteiger partial charge on any atom is 0.159 e. The summed E-state index contributed by atoms with van der Waals surface area (Å²) >= 11 is 0. The Bertz CT molecular complexity index is 353. The first-order chi connectivity index (χ1) is 6.65. The average molecular weight is 190 g/mol. The van der Waals surface area contributed by atoms with Crippen molar-refractivity contribution < 1.29 is 9.53 Å². The Balaban J connectivity index is 2.93. The standard InChI is InChI=1S/C12H14O2/c1-4-14-12-7-5-6-11(8-12)9(2)10(3)13/h5-8H,2,4H2,1,3H3. The van der Waals surface area contributed by atoms with Gasteiger partial charge in [0.25, 0.3) is 0 Å². The summed E-state index contributed by atoms with van der Waals surface area (Å²) in [5.41, 5.74) is 1.34. The Hall–Kier alpha value is -1.57. The van der Waals surface area contributed by atoms with E-state index in [4.69, 9.17) is 4.74 Å². The fraction of sp³-hybridized carbons (Fsp3) is 0.250. The molecule has 1 rings (SSSR count). The highest BCUT2D eigenvalue weighted by Gasteiger charge is 2.04. The van der Waals surface area contributed by atoms with Crippen LogP contribution in [0.25, 0.3) is 5.57 Å². The third kappa shape index (κ3) is 2.46. The molecule has 0 heterocycles. The largest absolute Gasteiger partial charge is 0.494 e. The molecule has 0 bridgehead atoms. The monoisotopic (exact) mass is 190 g/mol. The number of hydrogen-bond donors (Lipinski definition) is 0. The molecule has 0 aliphatic carbocycles. The van der Waals surface area contributed by atoms with Crippen LogP contribution in [0, 0.1) is 0 Å². The molecule has 0 atom stereocenters. The van der Waals surface area contributed by atoms with E-state index in [1.54, 1.807) is 0 Å². The van der Waals surface area contributed by atoms with Crippen molar-refractivity contribution in [1.82, 2.24) is 0 Å². The van der Waals surface area contributed by atoms with Crippen LogP contribution in [0.2, 0.25) is 0 Å². The van der Waals surface area contributed by atoms with Crippen LogP contribution in [0.15, 0.2) is 30.8 Å². The van der Waals surface area contributed by atoms with Crippen LogP contribution in [0.4, 0.5) is 0 Å². The molecule has 2 nitrogen and oxygen atoms in total. The van der Waals surface area contributed by atoms with Gasteiger partial charge in [0.05, 0.1) is 6.61 Å². The Kier molecular flexibility index (Phi) is 3.46. The number of benzene rings is 1. The first-order valence-electron chi connectivity index (χ1n) is 4.58. The fourth-order valence-electron chi connectivity index (χ4n) is 1.14. The predicted octanol–water partition coefficient (Wildman–Crippen LogP) is 2.69. The Labute approximate surface area is 84.2 Å². The van der Waals surface area contributed by atoms with Gasteiger partial charge < -0.3 is 4.74 Å². The first kappa shape index (κ1) is 10.5. The summed E-state index contributed by atoms with van der Waals surface area (Å²) in [7, 11) is 0. The highest BCUT2D eigenvalue weighted by molar-refractivity contribution is 6.18. The molecule has 74 valence electrons. The molecule has 0 amide bonds. The first-order valence-corrected chi connectivity index (χ1v) is 4.58. The van der Waals surface area contributed by atoms with Crippen molar-refractivity contribution in [3.8, 4) is 5.75 Å². The molecule has 2 heteroatoms. The lowest BCUT2D eigenvalue weighted by Crippen LogP contribution is -1.96. The number of rotatable bonds is 4. The minimum absolute atomic E-state index is 0.0151. The topological polar surface area (TPSA) is 26.3 Å². The second kappa shape index (κ2) is 4.61. The number of Topliss-reactive ketones (excluding diaryl/α,β-unsaturated/α-hetero) is 1. The van der Waals surface area contributed by atoms with E-state index < -0.39 is 0 Å². The second-order valence-electron chi connectivity index (χ2n) is 3.00. The lowest BCUT2D eigenvalue weighted by atomic mass is 10.0. The molecule has 14 heavy (non-hydrogen) atoms. The summed E-state index contributed by atoms with van der Waals surface area (Å²) in [6, 6.07) is 7.40. The average Bonchev–Trinajstić information content (AvgIpc) is 2.17. The summed E-state index contributed by atoms with van der Waals surface area (Å²) < 4.78 is 5.32. The van der Waals surface area contributed by atoms with Gasteiger partial charge >= 0.3 is 0 Å². The van der Waals surface area contributed by atoms with Gasteiger partial charge in [0.1, 0.15) is 5.75 Å². The molecular formula is C12H14O2. The van der Waals surface area contributed by atoms with E-state index in [9.17, 15) is 4.79 Å². The highest BCUT2D eigenvalue weighted by atomic mass is 16.5. The van der Waals surface area contributed by atoms with Crippen molar-refractivity contribution in [2.45, 2.75) is 13.8 Å². The maximum absolute atomic E-state index is 11.1. The minimum Gasteiger partial charge on any atom is -0.494 e. The molecule has 0 saturated carbocycles. The molecular weight excluding hydrogens is 176 g/mol. The summed E-state index contributed by atoms with van der Waals surface area (Å²) in [4.78, 5) is 11.1. The molecule has 0 fully saturated rings. The molecule has 0 N–H and O–H groups in total. The molecule has 1 aromatic rings. The zero-order chi connectivity index (χ0) is 10.6. The van der Waals surface area contributed by atoms with Crippen molar-refractivity contribution in [2.75, 3.05) is 6.61 Å². The van der Waals surface area contributed by atoms with Crippen LogP contribution in [-0.4, -0.2) is 12.4 Å². The predicted molar refractivity (Wildman–Crippen MR) is 57.3 cm³/mol. The van der Waals surface area contributed by atoms with Gasteiger partial charge in [-0.05, 0) is 31.5 Å². The van der Waals surface area contributed by atoms with Gasteiger partial charge in [0, 0.05) is 5.57 Å². The van der Waals surface area contributed by atoms with Gasteiger partial charge in [0.2, 0.25) is 0 Å². The fourth-order valence-corrected chi connectivity index (χ4v) is 1.14. The SMILES string of the molecule is C=C(C(C)=O)c1cccc(OCC)c1. The number of carbonyl (C=O) groups is 1. The minimum atomic E-state index is -0.0151. The van der Waals surface area contributed by atoms with Crippen molar-refractivity contribution in [3.63, 3.8) is 0 Å². The second-order valence-corrected chi connectivity index (χ2v) is 3.00.